The molecule has 1 aliphatic heterocycles. The molecule has 4 rings (SSSR count). The maximum absolute atomic E-state index is 12.6. The van der Waals surface area contributed by atoms with Crippen LogP contribution in [0.2, 0.25) is 0 Å². The topological polar surface area (TPSA) is 88.0 Å². The van der Waals surface area contributed by atoms with Crippen molar-refractivity contribution in [3.05, 3.63) is 28.3 Å². The monoisotopic (exact) mass is 612 g/mol. The van der Waals surface area contributed by atoms with E-state index in [-0.39, 0.29) is 17.0 Å². The molecule has 0 aromatic heterocycles. The number of methoxy groups -OCH3 is 1. The van der Waals surface area contributed by atoms with Crippen LogP contribution in [0.5, 0.6) is 5.75 Å². The van der Waals surface area contributed by atoms with E-state index in [1.807, 2.05) is 6.07 Å². The summed E-state index contributed by atoms with van der Waals surface area (Å²) in [6.45, 7) is 10.7. The van der Waals surface area contributed by atoms with Gasteiger partial charge in [0.1, 0.15) is 0 Å². The van der Waals surface area contributed by atoms with Crippen molar-refractivity contribution < 1.29 is 14.5 Å². The van der Waals surface area contributed by atoms with E-state index >= 15 is 0 Å². The van der Waals surface area contributed by atoms with Gasteiger partial charge in [-0.25, -0.2) is 0 Å². The normalized spacial score (nSPS) is 25.5. The summed E-state index contributed by atoms with van der Waals surface area (Å²) in [7, 11) is 1.48. The zero-order valence-corrected chi connectivity index (χ0v) is 28.0. The van der Waals surface area contributed by atoms with Crippen LogP contribution in [-0.4, -0.2) is 62.1 Å². The number of anilines is 1. The van der Waals surface area contributed by atoms with Crippen LogP contribution in [0.4, 0.5) is 11.4 Å². The van der Waals surface area contributed by atoms with Gasteiger partial charge >= 0.3 is 5.69 Å². The summed E-state index contributed by atoms with van der Waals surface area (Å²) in [5, 5.41) is 14.4. The van der Waals surface area contributed by atoms with Crippen LogP contribution in [-0.2, 0) is 4.79 Å². The van der Waals surface area contributed by atoms with E-state index in [0.29, 0.717) is 5.75 Å². The lowest BCUT2D eigenvalue weighted by molar-refractivity contribution is -0.385. The lowest BCUT2D eigenvalue weighted by Crippen LogP contribution is -2.46. The molecule has 0 spiro atoms. The smallest absolute Gasteiger partial charge is 0.311 e. The number of hydrogen-bond acceptors (Lipinski definition) is 6. The van der Waals surface area contributed by atoms with Gasteiger partial charge in [-0.1, -0.05) is 65.2 Å². The number of benzene rings is 1. The zero-order chi connectivity index (χ0) is 31.4. The third kappa shape index (κ3) is 10.9. The highest BCUT2D eigenvalue weighted by Gasteiger charge is 2.41. The number of piperazine rings is 1. The van der Waals surface area contributed by atoms with Gasteiger partial charge in [0.05, 0.1) is 12.0 Å². The minimum atomic E-state index is -0.396. The Morgan fingerprint density at radius 2 is 1.52 bits per heavy atom. The van der Waals surface area contributed by atoms with Gasteiger partial charge in [-0.2, -0.15) is 0 Å². The molecular formula is C36H60N4O4. The Morgan fingerprint density at radius 1 is 0.932 bits per heavy atom. The van der Waals surface area contributed by atoms with Crippen molar-refractivity contribution in [2.24, 2.45) is 23.2 Å². The van der Waals surface area contributed by atoms with Crippen molar-refractivity contribution in [1.29, 1.82) is 0 Å². The van der Waals surface area contributed by atoms with Gasteiger partial charge in [0.15, 0.2) is 5.75 Å². The maximum Gasteiger partial charge on any atom is 0.311 e. The fourth-order valence-electron chi connectivity index (χ4n) is 8.65. The highest BCUT2D eigenvalue weighted by atomic mass is 16.6. The first-order chi connectivity index (χ1) is 21.2. The second-order valence-electron chi connectivity index (χ2n) is 14.8. The third-order valence-electron chi connectivity index (χ3n) is 10.6. The average molecular weight is 613 g/mol. The molecule has 2 bridgehead atoms. The van der Waals surface area contributed by atoms with Gasteiger partial charge < -0.3 is 15.0 Å². The average Bonchev–Trinajstić information content (AvgIpc) is 2.98. The first-order valence-electron chi connectivity index (χ1n) is 17.8. The second kappa shape index (κ2) is 17.4. The molecule has 1 N–H and O–H groups in total. The van der Waals surface area contributed by atoms with E-state index in [1.165, 1.54) is 97.0 Å². The Labute approximate surface area is 266 Å². The number of carbonyl (C=O) groups excluding carboxylic acids is 1. The van der Waals surface area contributed by atoms with Crippen LogP contribution < -0.4 is 15.0 Å². The molecule has 44 heavy (non-hydrogen) atoms. The van der Waals surface area contributed by atoms with Crippen LogP contribution in [0.25, 0.3) is 0 Å². The van der Waals surface area contributed by atoms with Crippen LogP contribution in [0.3, 0.4) is 0 Å². The number of hydrogen-bond donors (Lipinski definition) is 1. The molecule has 8 nitrogen and oxygen atoms in total. The van der Waals surface area contributed by atoms with Crippen LogP contribution >= 0.6 is 0 Å². The van der Waals surface area contributed by atoms with Crippen molar-refractivity contribution in [3.8, 4) is 5.75 Å². The van der Waals surface area contributed by atoms with Crippen molar-refractivity contribution in [2.45, 2.75) is 117 Å². The number of nitrogens with one attached hydrogen (secondary N) is 1. The minimum absolute atomic E-state index is 0.0159. The molecule has 8 heteroatoms. The zero-order valence-electron chi connectivity index (χ0n) is 28.0. The highest BCUT2D eigenvalue weighted by Crippen LogP contribution is 2.51. The van der Waals surface area contributed by atoms with Gasteiger partial charge in [0, 0.05) is 57.0 Å². The maximum atomic E-state index is 12.6. The summed E-state index contributed by atoms with van der Waals surface area (Å²) in [4.78, 5) is 28.2. The van der Waals surface area contributed by atoms with Gasteiger partial charge in [0.25, 0.3) is 0 Å². The predicted molar refractivity (Wildman–Crippen MR) is 179 cm³/mol. The lowest BCUT2D eigenvalue weighted by atomic mass is 9.58. The van der Waals surface area contributed by atoms with Gasteiger partial charge in [0.2, 0.25) is 5.91 Å². The van der Waals surface area contributed by atoms with Crippen LogP contribution in [0.15, 0.2) is 18.2 Å². The lowest BCUT2D eigenvalue weighted by Gasteiger charge is -2.47. The summed E-state index contributed by atoms with van der Waals surface area (Å²) in [5.74, 6) is 3.20. The predicted octanol–water partition coefficient (Wildman–Crippen LogP) is 7.99. The van der Waals surface area contributed by atoms with Crippen molar-refractivity contribution in [1.82, 2.24) is 10.2 Å². The molecule has 0 radical (unpaired) electrons. The van der Waals surface area contributed by atoms with E-state index in [9.17, 15) is 14.9 Å². The molecule has 1 aromatic carbocycles. The molecule has 1 aromatic rings. The Balaban J connectivity index is 0.934. The number of nitro benzene ring substituents is 1. The fraction of sp³-hybridized carbons (Fsp3) is 0.806. The molecule has 1 saturated heterocycles. The molecule has 3 aliphatic rings. The molecule has 248 valence electrons. The summed E-state index contributed by atoms with van der Waals surface area (Å²) < 4.78 is 5.23. The van der Waals surface area contributed by atoms with E-state index < -0.39 is 4.92 Å². The second-order valence-corrected chi connectivity index (χ2v) is 14.8. The fourth-order valence-corrected chi connectivity index (χ4v) is 8.65. The van der Waals surface area contributed by atoms with E-state index in [1.54, 1.807) is 12.1 Å². The van der Waals surface area contributed by atoms with E-state index in [0.717, 1.165) is 75.6 Å². The first-order valence-corrected chi connectivity index (χ1v) is 17.8. The molecule has 2 saturated carbocycles. The number of nitrogens with zero attached hydrogens (tertiary/aromatic N) is 3. The molecule has 2 unspecified atom stereocenters. The van der Waals surface area contributed by atoms with Crippen molar-refractivity contribution >= 4 is 17.3 Å². The van der Waals surface area contributed by atoms with Gasteiger partial charge in [-0.3, -0.25) is 19.8 Å². The van der Waals surface area contributed by atoms with Gasteiger partial charge in [-0.15, -0.1) is 0 Å². The van der Waals surface area contributed by atoms with Crippen molar-refractivity contribution in [2.75, 3.05) is 51.3 Å². The first kappa shape index (κ1) is 34.5. The summed E-state index contributed by atoms with van der Waals surface area (Å²) >= 11 is 0. The van der Waals surface area contributed by atoms with Crippen LogP contribution in [0.1, 0.15) is 117 Å². The molecule has 3 fully saturated rings. The van der Waals surface area contributed by atoms with Crippen LogP contribution in [0, 0.1) is 33.3 Å². The highest BCUT2D eigenvalue weighted by molar-refractivity contribution is 5.76. The molecule has 2 atom stereocenters. The SMILES string of the molecule is COc1cc(N2CCN(CCCCCCCCCCCCNC(=O)CC3(C)CC4CC(C)CC(C4)C3)CC2)ccc1[N+](=O)[O-]. The summed E-state index contributed by atoms with van der Waals surface area (Å²) in [6.07, 6.45) is 20.2. The number of amides is 1. The Morgan fingerprint density at radius 3 is 2.11 bits per heavy atom. The number of ether oxygens (including phenoxy) is 1. The third-order valence-corrected chi connectivity index (χ3v) is 10.6. The molecule has 2 aliphatic carbocycles. The van der Waals surface area contributed by atoms with E-state index in [4.69, 9.17) is 4.74 Å². The number of nitro groups is 1. The minimum Gasteiger partial charge on any atom is -0.490 e. The molecule has 1 heterocycles. The Kier molecular flexibility index (Phi) is 13.6. The van der Waals surface area contributed by atoms with Gasteiger partial charge in [-0.05, 0) is 80.7 Å². The quantitative estimate of drug-likeness (QED) is 0.103. The number of rotatable bonds is 18. The molecule has 1 amide bonds. The molecular weight excluding hydrogens is 552 g/mol. The standard InChI is InChI=1S/C36H60N4O4/c1-29-22-30-24-31(23-29)27-36(2,26-30)28-35(41)37-16-12-10-8-6-4-5-7-9-11-13-17-38-18-20-39(21-19-38)32-14-15-33(40(42)43)34(25-32)44-3/h14-15,25,29-31H,4-13,16-24,26-28H2,1-3H3,(H,37,41). The number of fused-ring (bicyclic) bond motifs is 2. The largest absolute Gasteiger partial charge is 0.490 e. The Hall–Kier alpha value is -2.35. The van der Waals surface area contributed by atoms with E-state index in [2.05, 4.69) is 29.0 Å². The number of unbranched alkanes of at least 4 members (excludes halogenated alkanes) is 9. The summed E-state index contributed by atoms with van der Waals surface area (Å²) in [5.41, 5.74) is 1.23. The summed E-state index contributed by atoms with van der Waals surface area (Å²) in [6, 6.07) is 5.17. The number of carbonyl (C=O) groups is 1. The Bertz CT molecular complexity index is 1020. The van der Waals surface area contributed by atoms with Crippen molar-refractivity contribution in [3.63, 3.8) is 0 Å².